The average molecular weight is 576 g/mol. The first-order valence-corrected chi connectivity index (χ1v) is 14.4. The van der Waals surface area contributed by atoms with E-state index in [0.29, 0.717) is 24.0 Å². The van der Waals surface area contributed by atoms with E-state index >= 15 is 0 Å². The van der Waals surface area contributed by atoms with E-state index in [4.69, 9.17) is 5.73 Å². The Labute approximate surface area is 212 Å². The molecule has 2 aliphatic carbocycles. The molecule has 4 rings (SSSR count). The molecular formula is C25H31ClN2O3RuS. The summed E-state index contributed by atoms with van der Waals surface area (Å²) in [4.78, 5) is 12.8. The van der Waals surface area contributed by atoms with E-state index in [1.54, 1.807) is 0 Å². The van der Waals surface area contributed by atoms with Crippen molar-refractivity contribution in [3.8, 4) is 0 Å². The summed E-state index contributed by atoms with van der Waals surface area (Å²) in [6.07, 6.45) is 1.97. The summed E-state index contributed by atoms with van der Waals surface area (Å²) in [5.74, 6) is 0.0512. The molecule has 2 bridgehead atoms. The number of carbonyl (C=O) groups is 1. The van der Waals surface area contributed by atoms with Crippen LogP contribution < -0.4 is 0 Å². The molecular weight excluding hydrogens is 545 g/mol. The number of ketones is 1. The van der Waals surface area contributed by atoms with Gasteiger partial charge < -0.3 is 17.9 Å². The Morgan fingerprint density at radius 1 is 1.06 bits per heavy atom. The number of halogens is 1. The molecule has 0 amide bonds. The first-order valence-electron chi connectivity index (χ1n) is 10.6. The molecule has 0 spiro atoms. The fourth-order valence-corrected chi connectivity index (χ4v) is 7.40. The van der Waals surface area contributed by atoms with E-state index in [1.807, 2.05) is 91.8 Å². The van der Waals surface area contributed by atoms with Crippen LogP contribution in [0.15, 0.2) is 60.7 Å². The van der Waals surface area contributed by atoms with Crippen LogP contribution in [0, 0.1) is 24.2 Å². The number of benzene rings is 2. The molecule has 0 heterocycles. The van der Waals surface area contributed by atoms with Gasteiger partial charge in [-0.2, -0.15) is 0 Å². The molecule has 33 heavy (non-hydrogen) atoms. The van der Waals surface area contributed by atoms with Gasteiger partial charge in [0.05, 0.1) is 10.0 Å². The molecule has 4 atom stereocenters. The summed E-state index contributed by atoms with van der Waals surface area (Å²) in [7, 11) is 0.640. The molecule has 2 saturated carbocycles. The van der Waals surface area contributed by atoms with Crippen LogP contribution in [0.1, 0.15) is 56.3 Å². The van der Waals surface area contributed by atoms with Crippen LogP contribution in [0.3, 0.4) is 0 Å². The van der Waals surface area contributed by atoms with Crippen molar-refractivity contribution in [1.29, 1.82) is 0 Å². The van der Waals surface area contributed by atoms with E-state index in [0.717, 1.165) is 6.42 Å². The Morgan fingerprint density at radius 2 is 1.58 bits per heavy atom. The summed E-state index contributed by atoms with van der Waals surface area (Å²) in [5, 5.41) is 0. The zero-order chi connectivity index (χ0) is 23.6. The van der Waals surface area contributed by atoms with Crippen molar-refractivity contribution in [1.82, 2.24) is 0 Å². The fraction of sp³-hybridized carbons (Fsp3) is 0.440. The van der Waals surface area contributed by atoms with E-state index in [1.165, 1.54) is 0 Å². The topological polar surface area (TPSA) is 89.1 Å². The summed E-state index contributed by atoms with van der Waals surface area (Å²) in [6.45, 7) is 4.05. The molecule has 0 saturated heterocycles. The van der Waals surface area contributed by atoms with Crippen LogP contribution in [0.2, 0.25) is 0 Å². The van der Waals surface area contributed by atoms with Gasteiger partial charge in [-0.25, -0.2) is 8.42 Å². The molecule has 180 valence electrons. The van der Waals surface area contributed by atoms with Crippen LogP contribution in [0.5, 0.6) is 0 Å². The first-order chi connectivity index (χ1) is 15.2. The third-order valence-electron chi connectivity index (χ3n) is 7.46. The zero-order valence-electron chi connectivity index (χ0n) is 19.1. The van der Waals surface area contributed by atoms with Gasteiger partial charge in [-0.05, 0) is 24.2 Å². The van der Waals surface area contributed by atoms with Crippen molar-refractivity contribution in [3.05, 3.63) is 89.7 Å². The maximum atomic E-state index is 13.3. The van der Waals surface area contributed by atoms with Crippen LogP contribution in [-0.2, 0) is 32.1 Å². The molecule has 0 aromatic heterocycles. The van der Waals surface area contributed by atoms with Crippen LogP contribution in [0.4, 0.5) is 0 Å². The van der Waals surface area contributed by atoms with Gasteiger partial charge in [-0.1, -0.05) is 85.6 Å². The van der Waals surface area contributed by atoms with Gasteiger partial charge in [0.15, 0.2) is 0 Å². The van der Waals surface area contributed by atoms with Crippen LogP contribution in [-0.4, -0.2) is 20.0 Å². The predicted molar refractivity (Wildman–Crippen MR) is 131 cm³/mol. The molecule has 2 fully saturated rings. The Balaban J connectivity index is 0.00000125. The molecule has 5 nitrogen and oxygen atoms in total. The third kappa shape index (κ3) is 5.43. The number of Topliss-reactive ketones (excluding diaryl/α,β-unsaturated/α-hetero) is 1. The van der Waals surface area contributed by atoms with E-state index in [9.17, 15) is 13.2 Å². The Bertz CT molecular complexity index is 1030. The van der Waals surface area contributed by atoms with Gasteiger partial charge in [0.2, 0.25) is 0 Å². The number of hydrogen-bond donors (Lipinski definition) is 0. The molecule has 1 N–H and O–H groups in total. The second kappa shape index (κ2) is 11.1. The quantitative estimate of drug-likeness (QED) is 0.270. The second-order valence-electron chi connectivity index (χ2n) is 9.24. The average Bonchev–Trinajstić information content (AvgIpc) is 3.13. The second-order valence-corrected chi connectivity index (χ2v) is 10.9. The van der Waals surface area contributed by atoms with Gasteiger partial charge in [0.1, 0.15) is 5.78 Å². The fourth-order valence-electron chi connectivity index (χ4n) is 5.44. The molecule has 0 radical (unpaired) electrons. The molecule has 2 aliphatic rings. The van der Waals surface area contributed by atoms with Crippen molar-refractivity contribution < 1.29 is 30.5 Å². The molecule has 0 aliphatic heterocycles. The van der Waals surface area contributed by atoms with E-state index < -0.39 is 27.5 Å². The maximum absolute atomic E-state index is 13.3. The molecule has 8 heteroatoms. The number of sulfonamides is 1. The molecule has 2 aromatic rings. The minimum absolute atomic E-state index is 0. The third-order valence-corrected chi connectivity index (χ3v) is 8.86. The Kier molecular flexibility index (Phi) is 9.45. The summed E-state index contributed by atoms with van der Waals surface area (Å²) in [6, 6.07) is 16.6. The van der Waals surface area contributed by atoms with Crippen molar-refractivity contribution >= 4 is 25.5 Å². The monoisotopic (exact) mass is 576 g/mol. The Hall–Kier alpha value is -1.11. The van der Waals surface area contributed by atoms with Crippen molar-refractivity contribution in [2.24, 2.45) is 16.7 Å². The van der Waals surface area contributed by atoms with Gasteiger partial charge in [0, 0.05) is 17.6 Å². The van der Waals surface area contributed by atoms with E-state index in [-0.39, 0.29) is 30.3 Å². The number of nitrogens with one attached hydrogen (secondary N) is 1. The predicted octanol–water partition coefficient (Wildman–Crippen LogP) is 6.76. The normalized spacial score (nSPS) is 24.8. The van der Waals surface area contributed by atoms with E-state index in [2.05, 4.69) is 14.4 Å². The van der Waals surface area contributed by atoms with Crippen LogP contribution in [0.25, 0.3) is 10.5 Å². The van der Waals surface area contributed by atoms with Gasteiger partial charge >= 0.3 is 27.0 Å². The number of fused-ring (bicyclic) bond motifs is 2. The van der Waals surface area contributed by atoms with Crippen molar-refractivity contribution in [2.45, 2.75) is 45.2 Å². The summed E-state index contributed by atoms with van der Waals surface area (Å²) < 4.78 is 30.9. The van der Waals surface area contributed by atoms with Gasteiger partial charge in [-0.15, -0.1) is 12.1 Å². The number of nitrogens with zero attached hydrogens (tertiary/aromatic N) is 1. The number of hydrogen-bond acceptors (Lipinski definition) is 3. The standard InChI is InChI=1S/C24H28N2O3S.CH3.ClH.Ru/c1-23(2)19-13-14-24(23,20(27)15-19)16-30(28,29)26-22(18-11-7-4-8-12-18)21(25)17-9-5-3-6-10-17;;;/h3-12,19,21-22,25H,13-16H2,1-2H3;1H3;1H;/q-2;-1;;+4/p-1/t19?,21-,22-,24?;;;/m1.../s1. The molecule has 2 aromatic carbocycles. The molecule has 2 unspecified atom stereocenters. The zero-order valence-corrected chi connectivity index (χ0v) is 22.5. The van der Waals surface area contributed by atoms with Crippen molar-refractivity contribution in [2.75, 3.05) is 5.75 Å². The van der Waals surface area contributed by atoms with Gasteiger partial charge in [0.25, 0.3) is 0 Å². The van der Waals surface area contributed by atoms with Gasteiger partial charge in [-0.3, -0.25) is 4.79 Å². The number of rotatable bonds is 7. The Morgan fingerprint density at radius 3 is 2.03 bits per heavy atom. The summed E-state index contributed by atoms with van der Waals surface area (Å²) >= 11 is 1.82. The summed E-state index contributed by atoms with van der Waals surface area (Å²) in [5.41, 5.74) is 8.97. The minimum atomic E-state index is -3.93. The number of carbonyl (C=O) groups excluding carboxylic acids is 1. The first kappa shape index (κ1) is 28.1. The SMILES string of the molecule is CC1(C)C2CCC1(CS(=O)(=O)[N-][C@H](c1ccccc1)[C@H]([NH-])c1ccccc1)C(=O)C2.[CH3-].[Cl][Ru+3]. The van der Waals surface area contributed by atoms with Crippen molar-refractivity contribution in [3.63, 3.8) is 0 Å². The van der Waals surface area contributed by atoms with Crippen LogP contribution >= 0.6 is 9.69 Å².